The standard InChI is InChI=1S/C63H123NO10/c1-3-5-7-9-11-13-15-17-19-21-22-23-24-25-26-27-28-29-30-31-32-33-34-35-37-38-40-42-44-46-48-50-55(66)58(68)54(53-73-63-61(71)60(70)59(69)57(52-65)74-63)64-62(72)56(67)51-49-47-45-43-41-39-36-20-18-16-14-12-10-8-6-4-2/h42,44,54-61,63,65-71H,3-41,43,45-53H2,1-2H3,(H,64,72)/b44-42+. The number of hydrogen-bond donors (Lipinski definition) is 8. The third kappa shape index (κ3) is 40.1. The summed E-state index contributed by atoms with van der Waals surface area (Å²) in [5.41, 5.74) is 0. The Hall–Kier alpha value is -1.15. The monoisotopic (exact) mass is 1050 g/mol. The molecule has 9 unspecified atom stereocenters. The van der Waals surface area contributed by atoms with Crippen LogP contribution >= 0.6 is 0 Å². The zero-order valence-corrected chi connectivity index (χ0v) is 48.4. The summed E-state index contributed by atoms with van der Waals surface area (Å²) in [4.78, 5) is 13.2. The topological polar surface area (TPSA) is 189 Å². The van der Waals surface area contributed by atoms with E-state index in [4.69, 9.17) is 9.47 Å². The SMILES string of the molecule is CCCCCCCCCCCCCCCCCCCCCCCCCCCC/C=C/CCCC(O)C(O)C(COC1OC(CO)C(O)C(O)C1O)NC(=O)C(O)CCCCCCCCCCCCCCCCCC. The molecule has 1 amide bonds. The third-order valence-electron chi connectivity index (χ3n) is 15.8. The fourth-order valence-corrected chi connectivity index (χ4v) is 10.6. The number of nitrogens with one attached hydrogen (secondary N) is 1. The first-order chi connectivity index (χ1) is 36.2. The molecule has 1 aliphatic heterocycles. The number of aliphatic hydroxyl groups is 7. The zero-order valence-electron chi connectivity index (χ0n) is 48.4. The van der Waals surface area contributed by atoms with E-state index in [1.165, 1.54) is 238 Å². The molecule has 0 aromatic heterocycles. The lowest BCUT2D eigenvalue weighted by Crippen LogP contribution is -2.60. The molecule has 0 spiro atoms. The second-order valence-electron chi connectivity index (χ2n) is 22.8. The van der Waals surface area contributed by atoms with Crippen LogP contribution in [0.1, 0.15) is 316 Å². The van der Waals surface area contributed by atoms with Crippen LogP contribution in [0.2, 0.25) is 0 Å². The van der Waals surface area contributed by atoms with Crippen LogP contribution in [0.5, 0.6) is 0 Å². The highest BCUT2D eigenvalue weighted by Gasteiger charge is 2.44. The average Bonchev–Trinajstić information content (AvgIpc) is 3.40. The van der Waals surface area contributed by atoms with Gasteiger partial charge in [-0.25, -0.2) is 0 Å². The maximum absolute atomic E-state index is 13.2. The van der Waals surface area contributed by atoms with E-state index in [-0.39, 0.29) is 12.8 Å². The number of unbranched alkanes of at least 4 members (excludes halogenated alkanes) is 42. The van der Waals surface area contributed by atoms with Gasteiger partial charge in [-0.3, -0.25) is 4.79 Å². The average molecular weight is 1050 g/mol. The molecule has 0 radical (unpaired) electrons. The van der Waals surface area contributed by atoms with Gasteiger partial charge in [0.25, 0.3) is 0 Å². The summed E-state index contributed by atoms with van der Waals surface area (Å²) in [6.45, 7) is 3.48. The van der Waals surface area contributed by atoms with Crippen molar-refractivity contribution in [1.82, 2.24) is 5.32 Å². The van der Waals surface area contributed by atoms with Gasteiger partial charge in [-0.05, 0) is 38.5 Å². The number of rotatable bonds is 56. The summed E-state index contributed by atoms with van der Waals surface area (Å²) in [6, 6.07) is -1.18. The highest BCUT2D eigenvalue weighted by atomic mass is 16.7. The van der Waals surface area contributed by atoms with E-state index in [2.05, 4.69) is 31.3 Å². The first-order valence-corrected chi connectivity index (χ1v) is 32.1. The van der Waals surface area contributed by atoms with Crippen LogP contribution in [-0.4, -0.2) is 110 Å². The second-order valence-corrected chi connectivity index (χ2v) is 22.8. The van der Waals surface area contributed by atoms with Crippen molar-refractivity contribution < 1.29 is 50.0 Å². The second kappa shape index (κ2) is 52.5. The van der Waals surface area contributed by atoms with Crippen LogP contribution in [0.15, 0.2) is 12.2 Å². The third-order valence-corrected chi connectivity index (χ3v) is 15.8. The first-order valence-electron chi connectivity index (χ1n) is 32.1. The van der Waals surface area contributed by atoms with Crippen LogP contribution in [-0.2, 0) is 14.3 Å². The Morgan fingerprint density at radius 1 is 0.459 bits per heavy atom. The van der Waals surface area contributed by atoms with Crippen LogP contribution in [0, 0.1) is 0 Å². The molecule has 1 rings (SSSR count). The molecule has 0 saturated carbocycles. The Bertz CT molecular complexity index is 1210. The predicted molar refractivity (Wildman–Crippen MR) is 307 cm³/mol. The molecule has 0 aliphatic carbocycles. The van der Waals surface area contributed by atoms with Crippen LogP contribution in [0.4, 0.5) is 0 Å². The van der Waals surface area contributed by atoms with E-state index in [0.717, 1.165) is 38.5 Å². The minimum Gasteiger partial charge on any atom is -0.394 e. The Balaban J connectivity index is 2.22. The van der Waals surface area contributed by atoms with Gasteiger partial charge in [0, 0.05) is 0 Å². The fraction of sp³-hybridized carbons (Fsp3) is 0.952. The van der Waals surface area contributed by atoms with Crippen molar-refractivity contribution in [3.8, 4) is 0 Å². The van der Waals surface area contributed by atoms with Crippen molar-refractivity contribution in [3.05, 3.63) is 12.2 Å². The maximum atomic E-state index is 13.2. The zero-order chi connectivity index (χ0) is 54.0. The lowest BCUT2D eigenvalue weighted by Gasteiger charge is -2.40. The molecule has 74 heavy (non-hydrogen) atoms. The molecule has 9 atom stereocenters. The van der Waals surface area contributed by atoms with Crippen molar-refractivity contribution in [1.29, 1.82) is 0 Å². The molecule has 0 aromatic carbocycles. The molecule has 0 bridgehead atoms. The van der Waals surface area contributed by atoms with Gasteiger partial charge in [0.1, 0.15) is 36.6 Å². The van der Waals surface area contributed by atoms with Crippen molar-refractivity contribution in [2.24, 2.45) is 0 Å². The molecule has 1 aliphatic rings. The molecular formula is C63H123NO10. The first kappa shape index (κ1) is 70.9. The van der Waals surface area contributed by atoms with Gasteiger partial charge in [0.2, 0.25) is 5.91 Å². The minimum atomic E-state index is -1.67. The molecule has 1 saturated heterocycles. The minimum absolute atomic E-state index is 0.259. The normalized spacial score (nSPS) is 19.8. The number of allylic oxidation sites excluding steroid dienone is 2. The summed E-state index contributed by atoms with van der Waals surface area (Å²) in [5.74, 6) is -0.700. The molecule has 0 aromatic rings. The van der Waals surface area contributed by atoms with Gasteiger partial charge < -0.3 is 50.5 Å². The van der Waals surface area contributed by atoms with E-state index < -0.39 is 74.2 Å². The smallest absolute Gasteiger partial charge is 0.249 e. The maximum Gasteiger partial charge on any atom is 0.249 e. The lowest BCUT2D eigenvalue weighted by atomic mass is 9.98. The highest BCUT2D eigenvalue weighted by molar-refractivity contribution is 5.80. The Kier molecular flexibility index (Phi) is 50.3. The number of carbonyl (C=O) groups is 1. The summed E-state index contributed by atoms with van der Waals surface area (Å²) in [6.07, 6.45) is 51.5. The molecule has 8 N–H and O–H groups in total. The summed E-state index contributed by atoms with van der Waals surface area (Å²) >= 11 is 0. The fourth-order valence-electron chi connectivity index (χ4n) is 10.6. The molecule has 440 valence electrons. The number of ether oxygens (including phenoxy) is 2. The van der Waals surface area contributed by atoms with Crippen molar-refractivity contribution in [2.45, 2.75) is 371 Å². The predicted octanol–water partition coefficient (Wildman–Crippen LogP) is 14.3. The Morgan fingerprint density at radius 3 is 1.16 bits per heavy atom. The van der Waals surface area contributed by atoms with Gasteiger partial charge in [-0.15, -0.1) is 0 Å². The van der Waals surface area contributed by atoms with Crippen LogP contribution in [0.25, 0.3) is 0 Å². The van der Waals surface area contributed by atoms with E-state index in [1.807, 2.05) is 0 Å². The van der Waals surface area contributed by atoms with E-state index in [1.54, 1.807) is 0 Å². The number of aliphatic hydroxyl groups excluding tert-OH is 7. The summed E-state index contributed by atoms with van der Waals surface area (Å²) in [5, 5.41) is 76.2. The van der Waals surface area contributed by atoms with Gasteiger partial charge in [-0.2, -0.15) is 0 Å². The Morgan fingerprint density at radius 2 is 0.797 bits per heavy atom. The van der Waals surface area contributed by atoms with Crippen molar-refractivity contribution >= 4 is 5.91 Å². The van der Waals surface area contributed by atoms with Gasteiger partial charge in [0.15, 0.2) is 6.29 Å². The lowest BCUT2D eigenvalue weighted by molar-refractivity contribution is -0.303. The van der Waals surface area contributed by atoms with Gasteiger partial charge >= 0.3 is 0 Å². The van der Waals surface area contributed by atoms with Crippen molar-refractivity contribution in [2.75, 3.05) is 13.2 Å². The molecule has 1 fully saturated rings. The van der Waals surface area contributed by atoms with E-state index in [0.29, 0.717) is 12.8 Å². The van der Waals surface area contributed by atoms with Gasteiger partial charge in [-0.1, -0.05) is 289 Å². The van der Waals surface area contributed by atoms with Gasteiger partial charge in [0.05, 0.1) is 25.4 Å². The van der Waals surface area contributed by atoms with Crippen LogP contribution in [0.3, 0.4) is 0 Å². The molecular weight excluding hydrogens is 931 g/mol. The van der Waals surface area contributed by atoms with E-state index >= 15 is 0 Å². The van der Waals surface area contributed by atoms with Crippen LogP contribution < -0.4 is 5.32 Å². The highest BCUT2D eigenvalue weighted by Crippen LogP contribution is 2.24. The molecule has 11 heteroatoms. The largest absolute Gasteiger partial charge is 0.394 e. The number of amides is 1. The van der Waals surface area contributed by atoms with E-state index in [9.17, 15) is 40.5 Å². The quantitative estimate of drug-likeness (QED) is 0.0215. The number of carbonyl (C=O) groups excluding carboxylic acids is 1. The Labute approximate surface area is 455 Å². The van der Waals surface area contributed by atoms with Crippen molar-refractivity contribution in [3.63, 3.8) is 0 Å². The summed E-state index contributed by atoms with van der Waals surface area (Å²) < 4.78 is 11.2. The molecule has 11 nitrogen and oxygen atoms in total. The number of hydrogen-bond acceptors (Lipinski definition) is 10. The molecule has 1 heterocycles. The summed E-state index contributed by atoms with van der Waals surface area (Å²) in [7, 11) is 0.